The highest BCUT2D eigenvalue weighted by atomic mass is 127. The van der Waals surface area contributed by atoms with Gasteiger partial charge in [0.05, 0.1) is 18.3 Å². The SMILES string of the molecule is COc1ccc2c(c1)c(C(N)=O)nn2-c1cccc(I)c1. The van der Waals surface area contributed by atoms with E-state index < -0.39 is 5.91 Å². The van der Waals surface area contributed by atoms with E-state index >= 15 is 0 Å². The van der Waals surface area contributed by atoms with Gasteiger partial charge in [0, 0.05) is 8.96 Å². The number of primary amides is 1. The van der Waals surface area contributed by atoms with Gasteiger partial charge in [0.2, 0.25) is 0 Å². The van der Waals surface area contributed by atoms with Gasteiger partial charge in [-0.25, -0.2) is 4.68 Å². The maximum absolute atomic E-state index is 11.6. The summed E-state index contributed by atoms with van der Waals surface area (Å²) in [7, 11) is 1.58. The number of nitrogens with zero attached hydrogens (tertiary/aromatic N) is 2. The number of methoxy groups -OCH3 is 1. The van der Waals surface area contributed by atoms with Crippen LogP contribution in [0.3, 0.4) is 0 Å². The first-order valence-electron chi connectivity index (χ1n) is 6.22. The van der Waals surface area contributed by atoms with Gasteiger partial charge in [-0.2, -0.15) is 5.10 Å². The Morgan fingerprint density at radius 2 is 2.10 bits per heavy atom. The van der Waals surface area contributed by atoms with Crippen LogP contribution in [0.4, 0.5) is 0 Å². The van der Waals surface area contributed by atoms with Crippen molar-refractivity contribution in [2.45, 2.75) is 0 Å². The Morgan fingerprint density at radius 1 is 1.29 bits per heavy atom. The topological polar surface area (TPSA) is 70.1 Å². The molecule has 2 N–H and O–H groups in total. The monoisotopic (exact) mass is 393 g/mol. The number of benzene rings is 2. The number of fused-ring (bicyclic) bond motifs is 1. The molecule has 3 aromatic rings. The number of hydrogen-bond acceptors (Lipinski definition) is 3. The van der Waals surface area contributed by atoms with Gasteiger partial charge in [0.15, 0.2) is 5.69 Å². The fourth-order valence-corrected chi connectivity index (χ4v) is 2.74. The molecule has 106 valence electrons. The molecule has 0 saturated carbocycles. The quantitative estimate of drug-likeness (QED) is 0.696. The van der Waals surface area contributed by atoms with E-state index in [9.17, 15) is 4.79 Å². The zero-order chi connectivity index (χ0) is 15.0. The molecule has 0 fully saturated rings. The van der Waals surface area contributed by atoms with Crippen LogP contribution in [0, 0.1) is 3.57 Å². The summed E-state index contributed by atoms with van der Waals surface area (Å²) < 4.78 is 8.01. The summed E-state index contributed by atoms with van der Waals surface area (Å²) in [6, 6.07) is 13.3. The van der Waals surface area contributed by atoms with Gasteiger partial charge in [-0.15, -0.1) is 0 Å². The van der Waals surface area contributed by atoms with Gasteiger partial charge in [-0.1, -0.05) is 6.07 Å². The molecule has 1 heterocycles. The number of aromatic nitrogens is 2. The number of halogens is 1. The van der Waals surface area contributed by atoms with E-state index in [1.807, 2.05) is 36.4 Å². The first kappa shape index (κ1) is 13.9. The highest BCUT2D eigenvalue weighted by Gasteiger charge is 2.16. The average Bonchev–Trinajstić information content (AvgIpc) is 2.86. The fraction of sp³-hybridized carbons (Fsp3) is 0.0667. The van der Waals surface area contributed by atoms with Crippen molar-refractivity contribution in [3.8, 4) is 11.4 Å². The molecular weight excluding hydrogens is 381 g/mol. The van der Waals surface area contributed by atoms with Crippen molar-refractivity contribution in [1.29, 1.82) is 0 Å². The molecule has 3 rings (SSSR count). The van der Waals surface area contributed by atoms with Gasteiger partial charge in [0.25, 0.3) is 5.91 Å². The lowest BCUT2D eigenvalue weighted by molar-refractivity contribution is 0.0996. The molecule has 0 spiro atoms. The second kappa shape index (κ2) is 5.36. The third-order valence-electron chi connectivity index (χ3n) is 3.17. The highest BCUT2D eigenvalue weighted by molar-refractivity contribution is 14.1. The third kappa shape index (κ3) is 2.46. The Hall–Kier alpha value is -2.09. The van der Waals surface area contributed by atoms with Crippen LogP contribution in [0.25, 0.3) is 16.6 Å². The molecule has 5 nitrogen and oxygen atoms in total. The average molecular weight is 393 g/mol. The first-order chi connectivity index (χ1) is 10.1. The van der Waals surface area contributed by atoms with Gasteiger partial charge >= 0.3 is 0 Å². The Kier molecular flexibility index (Phi) is 3.54. The van der Waals surface area contributed by atoms with Gasteiger partial charge in [-0.05, 0) is 59.0 Å². The minimum absolute atomic E-state index is 0.239. The standard InChI is InChI=1S/C15H12IN3O2/c1-21-11-5-6-13-12(8-11)14(15(17)20)18-19(13)10-4-2-3-9(16)7-10/h2-8H,1H3,(H2,17,20). The molecular formula is C15H12IN3O2. The molecule has 0 aliphatic heterocycles. The van der Waals surface area contributed by atoms with Crippen LogP contribution in [-0.2, 0) is 0 Å². The molecule has 1 aromatic heterocycles. The zero-order valence-electron chi connectivity index (χ0n) is 11.2. The number of carbonyl (C=O) groups is 1. The molecule has 0 bridgehead atoms. The molecule has 0 atom stereocenters. The fourth-order valence-electron chi connectivity index (χ4n) is 2.21. The van der Waals surface area contributed by atoms with Crippen LogP contribution >= 0.6 is 22.6 Å². The Balaban J connectivity index is 2.31. The maximum Gasteiger partial charge on any atom is 0.269 e. The Morgan fingerprint density at radius 3 is 2.76 bits per heavy atom. The Labute approximate surface area is 134 Å². The largest absolute Gasteiger partial charge is 0.497 e. The molecule has 0 saturated heterocycles. The summed E-state index contributed by atoms with van der Waals surface area (Å²) in [5, 5.41) is 5.04. The summed E-state index contributed by atoms with van der Waals surface area (Å²) in [5.41, 5.74) is 7.37. The van der Waals surface area contributed by atoms with E-state index in [0.717, 1.165) is 14.8 Å². The van der Waals surface area contributed by atoms with Crippen molar-refractivity contribution in [3.63, 3.8) is 0 Å². The van der Waals surface area contributed by atoms with Crippen molar-refractivity contribution >= 4 is 39.4 Å². The first-order valence-corrected chi connectivity index (χ1v) is 7.30. The normalized spacial score (nSPS) is 10.8. The van der Waals surface area contributed by atoms with Crippen molar-refractivity contribution in [2.75, 3.05) is 7.11 Å². The van der Waals surface area contributed by atoms with Gasteiger partial charge in [0.1, 0.15) is 5.75 Å². The highest BCUT2D eigenvalue weighted by Crippen LogP contribution is 2.26. The summed E-state index contributed by atoms with van der Waals surface area (Å²) in [6.45, 7) is 0. The van der Waals surface area contributed by atoms with Crippen LogP contribution in [0.15, 0.2) is 42.5 Å². The summed E-state index contributed by atoms with van der Waals surface area (Å²) >= 11 is 2.23. The van der Waals surface area contributed by atoms with Crippen LogP contribution in [0.2, 0.25) is 0 Å². The maximum atomic E-state index is 11.6. The number of rotatable bonds is 3. The van der Waals surface area contributed by atoms with E-state index in [1.165, 1.54) is 0 Å². The third-order valence-corrected chi connectivity index (χ3v) is 3.84. The molecule has 6 heteroatoms. The van der Waals surface area contributed by atoms with E-state index in [2.05, 4.69) is 27.7 Å². The van der Waals surface area contributed by atoms with E-state index in [0.29, 0.717) is 11.1 Å². The summed E-state index contributed by atoms with van der Waals surface area (Å²) in [5.74, 6) is 0.102. The lowest BCUT2D eigenvalue weighted by Gasteiger charge is -2.04. The number of nitrogens with two attached hydrogens (primary N) is 1. The van der Waals surface area contributed by atoms with Crippen LogP contribution in [-0.4, -0.2) is 22.8 Å². The lowest BCUT2D eigenvalue weighted by atomic mass is 10.2. The molecule has 21 heavy (non-hydrogen) atoms. The van der Waals surface area contributed by atoms with Crippen LogP contribution in [0.1, 0.15) is 10.5 Å². The number of amides is 1. The van der Waals surface area contributed by atoms with E-state index in [4.69, 9.17) is 10.5 Å². The van der Waals surface area contributed by atoms with Crippen LogP contribution < -0.4 is 10.5 Å². The smallest absolute Gasteiger partial charge is 0.269 e. The van der Waals surface area contributed by atoms with Crippen molar-refractivity contribution in [3.05, 3.63) is 51.7 Å². The minimum Gasteiger partial charge on any atom is -0.497 e. The Bertz CT molecular complexity index is 842. The second-order valence-electron chi connectivity index (χ2n) is 4.49. The van der Waals surface area contributed by atoms with Gasteiger partial charge < -0.3 is 10.5 Å². The summed E-state index contributed by atoms with van der Waals surface area (Å²) in [4.78, 5) is 11.6. The number of carbonyl (C=O) groups excluding carboxylic acids is 1. The van der Waals surface area contributed by atoms with Gasteiger partial charge in [-0.3, -0.25) is 4.79 Å². The molecule has 0 aliphatic carbocycles. The predicted octanol–water partition coefficient (Wildman–Crippen LogP) is 2.74. The van der Waals surface area contributed by atoms with Crippen molar-refractivity contribution in [1.82, 2.24) is 9.78 Å². The summed E-state index contributed by atoms with van der Waals surface area (Å²) in [6.07, 6.45) is 0. The number of ether oxygens (including phenoxy) is 1. The van der Waals surface area contributed by atoms with Crippen molar-refractivity contribution in [2.24, 2.45) is 5.73 Å². The minimum atomic E-state index is -0.558. The predicted molar refractivity (Wildman–Crippen MR) is 88.9 cm³/mol. The lowest BCUT2D eigenvalue weighted by Crippen LogP contribution is -2.12. The van der Waals surface area contributed by atoms with Crippen LogP contribution in [0.5, 0.6) is 5.75 Å². The number of hydrogen-bond donors (Lipinski definition) is 1. The van der Waals surface area contributed by atoms with E-state index in [-0.39, 0.29) is 5.69 Å². The molecule has 0 radical (unpaired) electrons. The second-order valence-corrected chi connectivity index (χ2v) is 5.73. The molecule has 0 aliphatic rings. The zero-order valence-corrected chi connectivity index (χ0v) is 13.4. The van der Waals surface area contributed by atoms with Crippen molar-refractivity contribution < 1.29 is 9.53 Å². The molecule has 0 unspecified atom stereocenters. The molecule has 2 aromatic carbocycles. The molecule has 1 amide bonds. The van der Waals surface area contributed by atoms with E-state index in [1.54, 1.807) is 17.9 Å².